The third kappa shape index (κ3) is 3.06. The van der Waals surface area contributed by atoms with Crippen molar-refractivity contribution in [1.82, 2.24) is 9.97 Å². The van der Waals surface area contributed by atoms with Gasteiger partial charge in [0, 0.05) is 25.7 Å². The average molecular weight is 289 g/mol. The molecular weight excluding hydrogens is 275 g/mol. The summed E-state index contributed by atoms with van der Waals surface area (Å²) in [6, 6.07) is 0. The van der Waals surface area contributed by atoms with E-state index in [1.54, 1.807) is 11.8 Å². The second-order valence-corrected chi connectivity index (χ2v) is 4.30. The zero-order chi connectivity index (χ0) is 14.8. The van der Waals surface area contributed by atoms with E-state index < -0.39 is 12.0 Å². The summed E-state index contributed by atoms with van der Waals surface area (Å²) >= 11 is 0. The molecule has 0 N–H and O–H groups in total. The molecule has 20 heavy (non-hydrogen) atoms. The van der Waals surface area contributed by atoms with Gasteiger partial charge in [0.1, 0.15) is 5.82 Å². The smallest absolute Gasteiger partial charge is 0.378 e. The summed E-state index contributed by atoms with van der Waals surface area (Å²) in [6.07, 6.45) is -3.48. The lowest BCUT2D eigenvalue weighted by atomic mass is 10.1. The van der Waals surface area contributed by atoms with Crippen LogP contribution in [-0.2, 0) is 10.9 Å². The Morgan fingerprint density at radius 1 is 1.40 bits per heavy atom. The van der Waals surface area contributed by atoms with E-state index in [1.807, 2.05) is 0 Å². The lowest BCUT2D eigenvalue weighted by Crippen LogP contribution is -2.38. The number of carbonyl (C=O) groups excluding carboxylic acids is 1. The molecule has 2 heterocycles. The van der Waals surface area contributed by atoms with Crippen molar-refractivity contribution in [3.05, 3.63) is 17.6 Å². The molecule has 0 radical (unpaired) electrons. The first-order valence-electron chi connectivity index (χ1n) is 6.23. The summed E-state index contributed by atoms with van der Waals surface area (Å²) in [7, 11) is 0. The van der Waals surface area contributed by atoms with Gasteiger partial charge in [0.25, 0.3) is 0 Å². The summed E-state index contributed by atoms with van der Waals surface area (Å²) in [5.74, 6) is -1.46. The molecule has 1 aromatic rings. The summed E-state index contributed by atoms with van der Waals surface area (Å²) in [5.41, 5.74) is 0.127. The number of anilines is 1. The van der Waals surface area contributed by atoms with Crippen molar-refractivity contribution >= 4 is 11.6 Å². The van der Waals surface area contributed by atoms with Crippen molar-refractivity contribution in [2.45, 2.75) is 19.5 Å². The highest BCUT2D eigenvalue weighted by Crippen LogP contribution is 2.29. The molecule has 1 saturated heterocycles. The molecule has 1 aliphatic heterocycles. The van der Waals surface area contributed by atoms with Gasteiger partial charge in [-0.1, -0.05) is 6.92 Å². The minimum absolute atomic E-state index is 0.0440. The van der Waals surface area contributed by atoms with E-state index in [0.29, 0.717) is 26.3 Å². The van der Waals surface area contributed by atoms with Crippen molar-refractivity contribution < 1.29 is 22.7 Å². The van der Waals surface area contributed by atoms with E-state index >= 15 is 0 Å². The Balaban J connectivity index is 2.44. The maximum atomic E-state index is 12.7. The molecule has 8 heteroatoms. The first-order valence-corrected chi connectivity index (χ1v) is 6.23. The standard InChI is InChI=1S/C12H14F3N3O2/c1-2-9(19)8-7-16-11(12(13,14)15)17-10(8)18-3-5-20-6-4-18/h7H,2-6H2,1H3. The second-order valence-electron chi connectivity index (χ2n) is 4.30. The normalized spacial score (nSPS) is 16.3. The molecule has 0 amide bonds. The number of aromatic nitrogens is 2. The molecular formula is C12H14F3N3O2. The fourth-order valence-electron chi connectivity index (χ4n) is 1.91. The Morgan fingerprint density at radius 2 is 2.05 bits per heavy atom. The molecule has 0 bridgehead atoms. The molecule has 2 rings (SSSR count). The van der Waals surface area contributed by atoms with E-state index in [-0.39, 0.29) is 23.6 Å². The highest BCUT2D eigenvalue weighted by Gasteiger charge is 2.36. The van der Waals surface area contributed by atoms with E-state index in [0.717, 1.165) is 6.20 Å². The van der Waals surface area contributed by atoms with Crippen LogP contribution in [0.1, 0.15) is 29.5 Å². The number of hydrogen-bond donors (Lipinski definition) is 0. The summed E-state index contributed by atoms with van der Waals surface area (Å²) in [6.45, 7) is 3.23. The molecule has 5 nitrogen and oxygen atoms in total. The van der Waals surface area contributed by atoms with E-state index in [4.69, 9.17) is 4.74 Å². The maximum absolute atomic E-state index is 12.7. The predicted octanol–water partition coefficient (Wildman–Crippen LogP) is 1.92. The van der Waals surface area contributed by atoms with Gasteiger partial charge in [-0.2, -0.15) is 13.2 Å². The number of carbonyl (C=O) groups is 1. The quantitative estimate of drug-likeness (QED) is 0.796. The van der Waals surface area contributed by atoms with Crippen LogP contribution < -0.4 is 4.90 Å². The zero-order valence-corrected chi connectivity index (χ0v) is 10.9. The van der Waals surface area contributed by atoms with Crippen LogP contribution >= 0.6 is 0 Å². The lowest BCUT2D eigenvalue weighted by molar-refractivity contribution is -0.144. The van der Waals surface area contributed by atoms with Gasteiger partial charge in [-0.25, -0.2) is 9.97 Å². The first-order chi connectivity index (χ1) is 9.43. The van der Waals surface area contributed by atoms with Gasteiger partial charge in [-0.3, -0.25) is 4.79 Å². The molecule has 0 aromatic carbocycles. The monoisotopic (exact) mass is 289 g/mol. The average Bonchev–Trinajstić information content (AvgIpc) is 2.46. The van der Waals surface area contributed by atoms with Crippen LogP contribution in [0.5, 0.6) is 0 Å². The fourth-order valence-corrected chi connectivity index (χ4v) is 1.91. The SMILES string of the molecule is CCC(=O)c1cnc(C(F)(F)F)nc1N1CCOCC1. The van der Waals surface area contributed by atoms with Gasteiger partial charge < -0.3 is 9.64 Å². The van der Waals surface area contributed by atoms with Gasteiger partial charge in [0.05, 0.1) is 18.8 Å². The molecule has 110 valence electrons. The lowest BCUT2D eigenvalue weighted by Gasteiger charge is -2.29. The van der Waals surface area contributed by atoms with Gasteiger partial charge >= 0.3 is 6.18 Å². The number of alkyl halides is 3. The highest BCUT2D eigenvalue weighted by molar-refractivity contribution is 6.00. The highest BCUT2D eigenvalue weighted by atomic mass is 19.4. The Hall–Kier alpha value is -1.70. The third-order valence-electron chi connectivity index (χ3n) is 2.95. The fraction of sp³-hybridized carbons (Fsp3) is 0.583. The molecule has 0 saturated carbocycles. The van der Waals surface area contributed by atoms with Crippen molar-refractivity contribution in [3.8, 4) is 0 Å². The Bertz CT molecular complexity index is 499. The van der Waals surface area contributed by atoms with Gasteiger partial charge in [-0.15, -0.1) is 0 Å². The first kappa shape index (κ1) is 14.7. The van der Waals surface area contributed by atoms with Crippen LogP contribution in [0, 0.1) is 0 Å². The van der Waals surface area contributed by atoms with Crippen LogP contribution in [-0.4, -0.2) is 42.1 Å². The largest absolute Gasteiger partial charge is 0.451 e. The van der Waals surface area contributed by atoms with Crippen molar-refractivity contribution in [1.29, 1.82) is 0 Å². The predicted molar refractivity (Wildman–Crippen MR) is 64.7 cm³/mol. The number of morpholine rings is 1. The van der Waals surface area contributed by atoms with Crippen LogP contribution in [0.3, 0.4) is 0 Å². The second kappa shape index (κ2) is 5.74. The number of hydrogen-bond acceptors (Lipinski definition) is 5. The Labute approximate surface area is 113 Å². The molecule has 0 spiro atoms. The molecule has 0 unspecified atom stereocenters. The van der Waals surface area contributed by atoms with Crippen molar-refractivity contribution in [2.75, 3.05) is 31.2 Å². The number of ether oxygens (including phenoxy) is 1. The van der Waals surface area contributed by atoms with Gasteiger partial charge in [-0.05, 0) is 0 Å². The Morgan fingerprint density at radius 3 is 2.60 bits per heavy atom. The molecule has 1 aromatic heterocycles. The van der Waals surface area contributed by atoms with Crippen molar-refractivity contribution in [3.63, 3.8) is 0 Å². The molecule has 1 fully saturated rings. The van der Waals surface area contributed by atoms with Crippen LogP contribution in [0.2, 0.25) is 0 Å². The number of Topliss-reactive ketones (excluding diaryl/α,β-unsaturated/α-hetero) is 1. The Kier molecular flexibility index (Phi) is 4.22. The summed E-state index contributed by atoms with van der Waals surface area (Å²) in [5, 5.41) is 0. The van der Waals surface area contributed by atoms with Crippen LogP contribution in [0.25, 0.3) is 0 Å². The van der Waals surface area contributed by atoms with Crippen LogP contribution in [0.15, 0.2) is 6.20 Å². The van der Waals surface area contributed by atoms with E-state index in [2.05, 4.69) is 9.97 Å². The number of halogens is 3. The summed E-state index contributed by atoms with van der Waals surface area (Å²) < 4.78 is 43.2. The van der Waals surface area contributed by atoms with Gasteiger partial charge in [0.15, 0.2) is 5.78 Å². The summed E-state index contributed by atoms with van der Waals surface area (Å²) in [4.78, 5) is 20.3. The van der Waals surface area contributed by atoms with E-state index in [9.17, 15) is 18.0 Å². The number of ketones is 1. The van der Waals surface area contributed by atoms with Crippen LogP contribution in [0.4, 0.5) is 19.0 Å². The van der Waals surface area contributed by atoms with E-state index in [1.165, 1.54) is 0 Å². The minimum atomic E-state index is -4.63. The maximum Gasteiger partial charge on any atom is 0.451 e. The number of nitrogens with zero attached hydrogens (tertiary/aromatic N) is 3. The topological polar surface area (TPSA) is 55.3 Å². The molecule has 0 aliphatic carbocycles. The minimum Gasteiger partial charge on any atom is -0.378 e. The van der Waals surface area contributed by atoms with Crippen molar-refractivity contribution in [2.24, 2.45) is 0 Å². The zero-order valence-electron chi connectivity index (χ0n) is 10.9. The molecule has 1 aliphatic rings. The van der Waals surface area contributed by atoms with Gasteiger partial charge in [0.2, 0.25) is 5.82 Å². The number of rotatable bonds is 3. The molecule has 0 atom stereocenters. The third-order valence-corrected chi connectivity index (χ3v) is 2.95.